The van der Waals surface area contributed by atoms with Crippen LogP contribution in [0.2, 0.25) is 10.2 Å². The van der Waals surface area contributed by atoms with Crippen LogP contribution in [0.15, 0.2) is 22.9 Å². The topological polar surface area (TPSA) is 57.0 Å². The Hall–Kier alpha value is -1.47. The predicted molar refractivity (Wildman–Crippen MR) is 90.6 cm³/mol. The highest BCUT2D eigenvalue weighted by Gasteiger charge is 2.32. The second kappa shape index (κ2) is 6.11. The average molecular weight is 371 g/mol. The van der Waals surface area contributed by atoms with Gasteiger partial charge in [0.25, 0.3) is 0 Å². The van der Waals surface area contributed by atoms with Crippen LogP contribution in [-0.2, 0) is 14.2 Å². The Balaban J connectivity index is 1.89. The largest absolute Gasteiger partial charge is 0.492 e. The number of fused-ring (bicyclic) bond motifs is 1. The molecule has 1 atom stereocenters. The standard InChI is InChI=1S/C16H16Cl2N2O4/c1-8-6-20(7-9(2)23-8)13-10(16-21-3-4-22-16)5-11-14(12(13)17)24-19-15(11)18/h5,9,16H,1,3-4,6-7H2,2H3/t9-/m1/s1. The molecule has 2 saturated heterocycles. The fraction of sp³-hybridized carbons (Fsp3) is 0.438. The molecular formula is C16H16Cl2N2O4. The molecule has 0 N–H and O–H groups in total. The summed E-state index contributed by atoms with van der Waals surface area (Å²) in [5.41, 5.74) is 2.03. The van der Waals surface area contributed by atoms with Crippen LogP contribution >= 0.6 is 23.2 Å². The Bertz CT molecular complexity index is 801. The SMILES string of the molecule is C=C1CN(c2c(C3OCCO3)cc3c(Cl)noc3c2Cl)C[C@@H](C)O1. The van der Waals surface area contributed by atoms with Gasteiger partial charge in [-0.2, -0.15) is 0 Å². The van der Waals surface area contributed by atoms with Crippen LogP contribution in [0.25, 0.3) is 11.0 Å². The molecule has 2 aliphatic heterocycles. The van der Waals surface area contributed by atoms with Gasteiger partial charge in [0.2, 0.25) is 0 Å². The molecule has 0 radical (unpaired) electrons. The maximum absolute atomic E-state index is 6.65. The van der Waals surface area contributed by atoms with Crippen molar-refractivity contribution in [2.75, 3.05) is 31.2 Å². The van der Waals surface area contributed by atoms with Gasteiger partial charge in [-0.05, 0) is 13.0 Å². The maximum atomic E-state index is 6.65. The van der Waals surface area contributed by atoms with Crippen molar-refractivity contribution in [2.45, 2.75) is 19.3 Å². The normalized spacial score (nSPS) is 22.4. The van der Waals surface area contributed by atoms with E-state index in [4.69, 9.17) is 41.9 Å². The Kier molecular flexibility index (Phi) is 4.08. The van der Waals surface area contributed by atoms with E-state index in [1.54, 1.807) is 0 Å². The molecule has 0 amide bonds. The summed E-state index contributed by atoms with van der Waals surface area (Å²) >= 11 is 12.8. The number of morpholine rings is 1. The molecule has 0 saturated carbocycles. The average Bonchev–Trinajstić information content (AvgIpc) is 3.16. The van der Waals surface area contributed by atoms with E-state index in [-0.39, 0.29) is 11.3 Å². The van der Waals surface area contributed by atoms with E-state index in [9.17, 15) is 0 Å². The molecule has 8 heteroatoms. The van der Waals surface area contributed by atoms with Gasteiger partial charge in [-0.3, -0.25) is 0 Å². The van der Waals surface area contributed by atoms with Crippen LogP contribution in [0.4, 0.5) is 5.69 Å². The number of halogens is 2. The number of ether oxygens (including phenoxy) is 3. The van der Waals surface area contributed by atoms with Crippen molar-refractivity contribution < 1.29 is 18.7 Å². The molecule has 24 heavy (non-hydrogen) atoms. The van der Waals surface area contributed by atoms with Crippen molar-refractivity contribution in [2.24, 2.45) is 0 Å². The molecule has 0 bridgehead atoms. The minimum atomic E-state index is -0.501. The summed E-state index contributed by atoms with van der Waals surface area (Å²) < 4.78 is 22.3. The van der Waals surface area contributed by atoms with E-state index in [0.29, 0.717) is 48.1 Å². The maximum Gasteiger partial charge on any atom is 0.189 e. The monoisotopic (exact) mass is 370 g/mol. The van der Waals surface area contributed by atoms with Gasteiger partial charge in [-0.15, -0.1) is 0 Å². The van der Waals surface area contributed by atoms with Crippen LogP contribution < -0.4 is 4.90 Å². The molecule has 1 aromatic heterocycles. The Labute approximate surface area is 148 Å². The molecule has 0 aliphatic carbocycles. The predicted octanol–water partition coefficient (Wildman–Crippen LogP) is 3.92. The third-order valence-electron chi connectivity index (χ3n) is 4.07. The molecule has 2 aromatic rings. The first-order valence-electron chi connectivity index (χ1n) is 7.64. The summed E-state index contributed by atoms with van der Waals surface area (Å²) in [6.07, 6.45) is -0.506. The number of nitrogens with zero attached hydrogens (tertiary/aromatic N) is 2. The number of hydrogen-bond donors (Lipinski definition) is 0. The molecule has 3 heterocycles. The zero-order chi connectivity index (χ0) is 16.8. The van der Waals surface area contributed by atoms with E-state index >= 15 is 0 Å². The quantitative estimate of drug-likeness (QED) is 0.798. The van der Waals surface area contributed by atoms with Gasteiger partial charge >= 0.3 is 0 Å². The van der Waals surface area contributed by atoms with Crippen LogP contribution in [0.3, 0.4) is 0 Å². The molecule has 6 nitrogen and oxygen atoms in total. The number of hydrogen-bond acceptors (Lipinski definition) is 6. The van der Waals surface area contributed by atoms with E-state index in [1.807, 2.05) is 13.0 Å². The first-order chi connectivity index (χ1) is 11.5. The first kappa shape index (κ1) is 16.0. The van der Waals surface area contributed by atoms with Gasteiger partial charge in [0.05, 0.1) is 37.4 Å². The highest BCUT2D eigenvalue weighted by molar-refractivity contribution is 6.40. The summed E-state index contributed by atoms with van der Waals surface area (Å²) in [5.74, 6) is 0.680. The van der Waals surface area contributed by atoms with E-state index < -0.39 is 6.29 Å². The fourth-order valence-electron chi connectivity index (χ4n) is 3.18. The lowest BCUT2D eigenvalue weighted by Crippen LogP contribution is -2.40. The van der Waals surface area contributed by atoms with Crippen LogP contribution in [0.1, 0.15) is 18.8 Å². The third kappa shape index (κ3) is 2.63. The second-order valence-electron chi connectivity index (χ2n) is 5.90. The highest BCUT2D eigenvalue weighted by Crippen LogP contribution is 2.44. The smallest absolute Gasteiger partial charge is 0.189 e. The van der Waals surface area contributed by atoms with Gasteiger partial charge in [-0.1, -0.05) is 34.9 Å². The molecular weight excluding hydrogens is 355 g/mol. The number of rotatable bonds is 2. The van der Waals surface area contributed by atoms with E-state index in [2.05, 4.69) is 16.6 Å². The number of benzene rings is 1. The Morgan fingerprint density at radius 3 is 2.75 bits per heavy atom. The Morgan fingerprint density at radius 1 is 1.29 bits per heavy atom. The number of aromatic nitrogens is 1. The van der Waals surface area contributed by atoms with Crippen LogP contribution in [0.5, 0.6) is 0 Å². The molecule has 4 rings (SSSR count). The molecule has 0 spiro atoms. The lowest BCUT2D eigenvalue weighted by Gasteiger charge is -2.36. The van der Waals surface area contributed by atoms with Crippen molar-refractivity contribution in [1.82, 2.24) is 5.16 Å². The van der Waals surface area contributed by atoms with Gasteiger partial charge in [0.1, 0.15) is 16.9 Å². The van der Waals surface area contributed by atoms with Crippen molar-refractivity contribution >= 4 is 39.9 Å². The summed E-state index contributed by atoms with van der Waals surface area (Å²) in [6.45, 7) is 8.17. The minimum Gasteiger partial charge on any atom is -0.492 e. The highest BCUT2D eigenvalue weighted by atomic mass is 35.5. The number of anilines is 1. The third-order valence-corrected chi connectivity index (χ3v) is 4.69. The van der Waals surface area contributed by atoms with E-state index in [1.165, 1.54) is 0 Å². The van der Waals surface area contributed by atoms with Crippen LogP contribution in [-0.4, -0.2) is 37.6 Å². The van der Waals surface area contributed by atoms with Crippen molar-refractivity contribution in [3.63, 3.8) is 0 Å². The van der Waals surface area contributed by atoms with Crippen molar-refractivity contribution in [3.05, 3.63) is 34.1 Å². The zero-order valence-corrected chi connectivity index (χ0v) is 14.6. The van der Waals surface area contributed by atoms with Crippen LogP contribution in [0, 0.1) is 0 Å². The van der Waals surface area contributed by atoms with Gasteiger partial charge < -0.3 is 23.6 Å². The first-order valence-corrected chi connectivity index (χ1v) is 8.40. The summed E-state index contributed by atoms with van der Waals surface area (Å²) in [7, 11) is 0. The molecule has 1 aromatic carbocycles. The Morgan fingerprint density at radius 2 is 2.04 bits per heavy atom. The molecule has 2 aliphatic rings. The van der Waals surface area contributed by atoms with E-state index in [0.717, 1.165) is 11.3 Å². The summed E-state index contributed by atoms with van der Waals surface area (Å²) in [6, 6.07) is 1.87. The van der Waals surface area contributed by atoms with Crippen molar-refractivity contribution in [3.8, 4) is 0 Å². The fourth-order valence-corrected chi connectivity index (χ4v) is 3.72. The second-order valence-corrected chi connectivity index (χ2v) is 6.64. The van der Waals surface area contributed by atoms with Crippen molar-refractivity contribution in [1.29, 1.82) is 0 Å². The minimum absolute atomic E-state index is 0.00501. The summed E-state index contributed by atoms with van der Waals surface area (Å²) in [4.78, 5) is 2.09. The zero-order valence-electron chi connectivity index (χ0n) is 13.1. The van der Waals surface area contributed by atoms with Gasteiger partial charge in [-0.25, -0.2) is 0 Å². The molecule has 2 fully saturated rings. The summed E-state index contributed by atoms with van der Waals surface area (Å²) in [5, 5.41) is 5.14. The molecule has 128 valence electrons. The van der Waals surface area contributed by atoms with Gasteiger partial charge in [0, 0.05) is 5.56 Å². The lowest BCUT2D eigenvalue weighted by atomic mass is 10.1. The van der Waals surface area contributed by atoms with Gasteiger partial charge in [0.15, 0.2) is 17.0 Å². The lowest BCUT2D eigenvalue weighted by molar-refractivity contribution is -0.0437. The molecule has 0 unspecified atom stereocenters.